The second-order valence-corrected chi connectivity index (χ2v) is 9.24. The molecule has 0 aliphatic carbocycles. The van der Waals surface area contributed by atoms with Crippen LogP contribution in [0.4, 0.5) is 16.2 Å². The van der Waals surface area contributed by atoms with Gasteiger partial charge < -0.3 is 25.8 Å². The smallest absolute Gasteiger partial charge is 0.407 e. The maximum absolute atomic E-state index is 13.0. The molecule has 4 N–H and O–H groups in total. The number of nitrogens with zero attached hydrogens (tertiary/aromatic N) is 2. The standard InChI is InChI=1S/C31H29N5O6/c1-19-23(5-3-7-25(19)35-29(39)27-11-9-21(17-38)15-33-27)24-6-4-8-26(20(24)2)36-30(40)28-12-10-22(16-34-28)18-42-31(41)32-13-14-37/h3-12,15-17,37H,13-14,18H2,1-2H3,(H,32,41)(H,35,39)(H,36,40). The van der Waals surface area contributed by atoms with Crippen LogP contribution in [0.1, 0.15) is 48.0 Å². The summed E-state index contributed by atoms with van der Waals surface area (Å²) in [6.07, 6.45) is 2.80. The number of anilines is 2. The fourth-order valence-electron chi connectivity index (χ4n) is 4.11. The Morgan fingerprint density at radius 2 is 1.38 bits per heavy atom. The average Bonchev–Trinajstić information content (AvgIpc) is 3.01. The fraction of sp³-hybridized carbons (Fsp3) is 0.161. The first-order valence-corrected chi connectivity index (χ1v) is 13.0. The van der Waals surface area contributed by atoms with Crippen LogP contribution in [0.25, 0.3) is 11.1 Å². The highest BCUT2D eigenvalue weighted by Gasteiger charge is 2.16. The molecule has 0 spiro atoms. The van der Waals surface area contributed by atoms with Gasteiger partial charge in [0.25, 0.3) is 11.8 Å². The fourth-order valence-corrected chi connectivity index (χ4v) is 4.11. The van der Waals surface area contributed by atoms with E-state index in [1.807, 2.05) is 38.1 Å². The molecule has 42 heavy (non-hydrogen) atoms. The number of aliphatic hydroxyl groups excluding tert-OH is 1. The highest BCUT2D eigenvalue weighted by atomic mass is 16.5. The molecule has 0 saturated carbocycles. The van der Waals surface area contributed by atoms with E-state index >= 15 is 0 Å². The number of pyridine rings is 2. The number of carbonyl (C=O) groups excluding carboxylic acids is 4. The van der Waals surface area contributed by atoms with Gasteiger partial charge in [0.1, 0.15) is 18.0 Å². The predicted molar refractivity (Wildman–Crippen MR) is 156 cm³/mol. The van der Waals surface area contributed by atoms with E-state index in [4.69, 9.17) is 9.84 Å². The van der Waals surface area contributed by atoms with Crippen LogP contribution in [0.3, 0.4) is 0 Å². The van der Waals surface area contributed by atoms with Crippen LogP contribution >= 0.6 is 0 Å². The van der Waals surface area contributed by atoms with Crippen LogP contribution in [0.5, 0.6) is 0 Å². The first kappa shape index (κ1) is 29.6. The first-order chi connectivity index (χ1) is 20.3. The highest BCUT2D eigenvalue weighted by Crippen LogP contribution is 2.34. The third kappa shape index (κ3) is 7.20. The predicted octanol–water partition coefficient (Wildman–Crippen LogP) is 4.30. The van der Waals surface area contributed by atoms with E-state index in [2.05, 4.69) is 25.9 Å². The van der Waals surface area contributed by atoms with Gasteiger partial charge in [-0.25, -0.2) is 4.79 Å². The molecule has 0 fully saturated rings. The molecule has 0 atom stereocenters. The van der Waals surface area contributed by atoms with Crippen LogP contribution in [-0.4, -0.2) is 52.4 Å². The first-order valence-electron chi connectivity index (χ1n) is 13.0. The number of amides is 3. The molecule has 0 saturated heterocycles. The summed E-state index contributed by atoms with van der Waals surface area (Å²) in [6, 6.07) is 17.3. The van der Waals surface area contributed by atoms with Gasteiger partial charge in [-0.3, -0.25) is 24.4 Å². The zero-order valence-corrected chi connectivity index (χ0v) is 23.0. The molecule has 0 aliphatic heterocycles. The van der Waals surface area contributed by atoms with Gasteiger partial charge in [-0.05, 0) is 66.4 Å². The lowest BCUT2D eigenvalue weighted by molar-refractivity contribution is 0.101. The van der Waals surface area contributed by atoms with Crippen LogP contribution in [-0.2, 0) is 11.3 Å². The van der Waals surface area contributed by atoms with Gasteiger partial charge in [0.2, 0.25) is 0 Å². The number of hydrogen-bond acceptors (Lipinski definition) is 8. The van der Waals surface area contributed by atoms with Gasteiger partial charge in [0.15, 0.2) is 6.29 Å². The van der Waals surface area contributed by atoms with Gasteiger partial charge >= 0.3 is 6.09 Å². The number of aliphatic hydroxyl groups is 1. The van der Waals surface area contributed by atoms with E-state index in [0.29, 0.717) is 28.8 Å². The molecule has 4 rings (SSSR count). The molecular formula is C31H29N5O6. The van der Waals surface area contributed by atoms with E-state index in [1.165, 1.54) is 30.6 Å². The van der Waals surface area contributed by atoms with Crippen molar-refractivity contribution in [3.05, 3.63) is 107 Å². The minimum Gasteiger partial charge on any atom is -0.445 e. The molecule has 11 heteroatoms. The van der Waals surface area contributed by atoms with Crippen molar-refractivity contribution in [3.8, 4) is 11.1 Å². The zero-order valence-electron chi connectivity index (χ0n) is 23.0. The molecule has 3 amide bonds. The molecule has 0 radical (unpaired) electrons. The molecule has 4 aromatic rings. The van der Waals surface area contributed by atoms with Crippen molar-refractivity contribution in [2.75, 3.05) is 23.8 Å². The van der Waals surface area contributed by atoms with Crippen molar-refractivity contribution >= 4 is 35.6 Å². The van der Waals surface area contributed by atoms with Crippen LogP contribution in [0, 0.1) is 13.8 Å². The van der Waals surface area contributed by atoms with Gasteiger partial charge in [-0.2, -0.15) is 0 Å². The Balaban J connectivity index is 1.47. The van der Waals surface area contributed by atoms with Crippen molar-refractivity contribution in [3.63, 3.8) is 0 Å². The maximum atomic E-state index is 13.0. The quantitative estimate of drug-likeness (QED) is 0.207. The lowest BCUT2D eigenvalue weighted by Crippen LogP contribution is -2.27. The Morgan fingerprint density at radius 3 is 1.86 bits per heavy atom. The van der Waals surface area contributed by atoms with Crippen LogP contribution < -0.4 is 16.0 Å². The normalized spacial score (nSPS) is 10.5. The number of alkyl carbamates (subject to hydrolysis) is 1. The number of carbonyl (C=O) groups is 4. The minimum atomic E-state index is -0.660. The van der Waals surface area contributed by atoms with Gasteiger partial charge in [0, 0.05) is 41.4 Å². The molecule has 0 unspecified atom stereocenters. The molecule has 0 bridgehead atoms. The molecular weight excluding hydrogens is 538 g/mol. The Kier molecular flexibility index (Phi) is 9.69. The lowest BCUT2D eigenvalue weighted by atomic mass is 9.94. The molecule has 2 aromatic heterocycles. The van der Waals surface area contributed by atoms with Crippen molar-refractivity contribution in [2.45, 2.75) is 20.5 Å². The number of rotatable bonds is 10. The summed E-state index contributed by atoms with van der Waals surface area (Å²) in [5, 5.41) is 16.9. The number of hydrogen-bond donors (Lipinski definition) is 4. The van der Waals surface area contributed by atoms with Crippen molar-refractivity contribution in [1.82, 2.24) is 15.3 Å². The molecule has 2 heterocycles. The third-order valence-electron chi connectivity index (χ3n) is 6.42. The van der Waals surface area contributed by atoms with Crippen LogP contribution in [0.15, 0.2) is 73.1 Å². The van der Waals surface area contributed by atoms with Crippen molar-refractivity contribution < 1.29 is 29.0 Å². The average molecular weight is 568 g/mol. The third-order valence-corrected chi connectivity index (χ3v) is 6.42. The summed E-state index contributed by atoms with van der Waals surface area (Å²) in [7, 11) is 0. The maximum Gasteiger partial charge on any atom is 0.407 e. The number of ether oxygens (including phenoxy) is 1. The van der Waals surface area contributed by atoms with Gasteiger partial charge in [0.05, 0.1) is 6.61 Å². The summed E-state index contributed by atoms with van der Waals surface area (Å²) in [5.41, 5.74) is 5.94. The van der Waals surface area contributed by atoms with E-state index in [-0.39, 0.29) is 31.1 Å². The SMILES string of the molecule is Cc1c(NC(=O)c2ccc(C=O)cn2)cccc1-c1cccc(NC(=O)c2ccc(COC(=O)NCCO)cn2)c1C. The van der Waals surface area contributed by atoms with E-state index in [1.54, 1.807) is 18.2 Å². The molecule has 214 valence electrons. The van der Waals surface area contributed by atoms with Crippen molar-refractivity contribution in [2.24, 2.45) is 0 Å². The number of nitrogens with one attached hydrogen (secondary N) is 3. The highest BCUT2D eigenvalue weighted by molar-refractivity contribution is 6.05. The molecule has 0 aliphatic rings. The molecule has 2 aromatic carbocycles. The Hall–Kier alpha value is -5.42. The minimum absolute atomic E-state index is 0.0326. The van der Waals surface area contributed by atoms with Crippen molar-refractivity contribution in [1.29, 1.82) is 0 Å². The second kappa shape index (κ2) is 13.8. The summed E-state index contributed by atoms with van der Waals surface area (Å²) in [5.74, 6) is -0.810. The number of aldehydes is 1. The van der Waals surface area contributed by atoms with E-state index < -0.39 is 17.9 Å². The Morgan fingerprint density at radius 1 is 0.810 bits per heavy atom. The Labute approximate surface area is 242 Å². The summed E-state index contributed by atoms with van der Waals surface area (Å²) >= 11 is 0. The largest absolute Gasteiger partial charge is 0.445 e. The molecule has 11 nitrogen and oxygen atoms in total. The summed E-state index contributed by atoms with van der Waals surface area (Å²) < 4.78 is 5.03. The number of benzene rings is 2. The second-order valence-electron chi connectivity index (χ2n) is 9.24. The number of aromatic nitrogens is 2. The monoisotopic (exact) mass is 567 g/mol. The van der Waals surface area contributed by atoms with Gasteiger partial charge in [-0.1, -0.05) is 30.3 Å². The lowest BCUT2D eigenvalue weighted by Gasteiger charge is -2.17. The summed E-state index contributed by atoms with van der Waals surface area (Å²) in [4.78, 5) is 56.4. The zero-order chi connectivity index (χ0) is 30.1. The van der Waals surface area contributed by atoms with Crippen LogP contribution in [0.2, 0.25) is 0 Å². The van der Waals surface area contributed by atoms with E-state index in [0.717, 1.165) is 22.3 Å². The van der Waals surface area contributed by atoms with E-state index in [9.17, 15) is 19.2 Å². The Bertz CT molecular complexity index is 1600. The summed E-state index contributed by atoms with van der Waals surface area (Å²) in [6.45, 7) is 3.66. The van der Waals surface area contributed by atoms with Gasteiger partial charge in [-0.15, -0.1) is 0 Å². The topological polar surface area (TPSA) is 160 Å².